The number of ether oxygens (including phenoxy) is 2. The van der Waals surface area contributed by atoms with Crippen molar-refractivity contribution in [2.75, 3.05) is 13.2 Å². The molecule has 0 saturated carbocycles. The van der Waals surface area contributed by atoms with Crippen molar-refractivity contribution in [1.29, 1.82) is 0 Å². The van der Waals surface area contributed by atoms with Gasteiger partial charge in [-0.3, -0.25) is 9.59 Å². The molecule has 0 fully saturated rings. The van der Waals surface area contributed by atoms with Crippen molar-refractivity contribution < 1.29 is 19.1 Å². The van der Waals surface area contributed by atoms with Gasteiger partial charge in [0.25, 0.3) is 0 Å². The zero-order chi connectivity index (χ0) is 23.1. The van der Waals surface area contributed by atoms with Crippen LogP contribution < -0.4 is 0 Å². The van der Waals surface area contributed by atoms with Crippen LogP contribution in [-0.2, 0) is 19.1 Å². The number of esters is 2. The van der Waals surface area contributed by atoms with Gasteiger partial charge in [0, 0.05) is 0 Å². The van der Waals surface area contributed by atoms with E-state index in [0.717, 1.165) is 37.5 Å². The SMILES string of the molecule is CC(C)CCCCCCOC(=O)C1C=CC(C)CC1C(=O)OCCCCCCC(C)C. The van der Waals surface area contributed by atoms with E-state index in [9.17, 15) is 9.59 Å². The van der Waals surface area contributed by atoms with Crippen LogP contribution in [0.5, 0.6) is 0 Å². The second-order valence-electron chi connectivity index (χ2n) is 10.3. The largest absolute Gasteiger partial charge is 0.465 e. The first-order valence-corrected chi connectivity index (χ1v) is 12.8. The molecule has 0 amide bonds. The highest BCUT2D eigenvalue weighted by atomic mass is 16.5. The Morgan fingerprint density at radius 3 is 1.74 bits per heavy atom. The maximum absolute atomic E-state index is 12.7. The van der Waals surface area contributed by atoms with E-state index in [1.165, 1.54) is 38.5 Å². The number of hydrogen-bond donors (Lipinski definition) is 0. The maximum Gasteiger partial charge on any atom is 0.313 e. The summed E-state index contributed by atoms with van der Waals surface area (Å²) in [5.74, 6) is 0.337. The summed E-state index contributed by atoms with van der Waals surface area (Å²) in [4.78, 5) is 25.3. The van der Waals surface area contributed by atoms with Crippen LogP contribution in [0.25, 0.3) is 0 Å². The standard InChI is InChI=1S/C27H48O4/c1-21(2)14-10-6-8-12-18-30-26(28)24-17-16-23(5)20-25(24)27(29)31-19-13-9-7-11-15-22(3)4/h16-17,21-25H,6-15,18-20H2,1-5H3. The number of allylic oxidation sites excluding steroid dienone is 1. The zero-order valence-electron chi connectivity index (χ0n) is 20.9. The Bertz CT molecular complexity index is 523. The molecule has 1 rings (SSSR count). The van der Waals surface area contributed by atoms with Gasteiger partial charge in [-0.25, -0.2) is 0 Å². The molecule has 4 nitrogen and oxygen atoms in total. The summed E-state index contributed by atoms with van der Waals surface area (Å²) in [6, 6.07) is 0. The van der Waals surface area contributed by atoms with E-state index < -0.39 is 11.8 Å². The lowest BCUT2D eigenvalue weighted by atomic mass is 9.79. The molecule has 0 N–H and O–H groups in total. The second-order valence-corrected chi connectivity index (χ2v) is 10.3. The number of rotatable bonds is 16. The van der Waals surface area contributed by atoms with Crippen molar-refractivity contribution >= 4 is 11.9 Å². The van der Waals surface area contributed by atoms with E-state index in [2.05, 4.69) is 34.6 Å². The Balaban J connectivity index is 2.31. The first kappa shape index (κ1) is 27.7. The Kier molecular flexibility index (Phi) is 14.6. The molecule has 3 unspecified atom stereocenters. The number of unbranched alkanes of at least 4 members (excludes halogenated alkanes) is 6. The Morgan fingerprint density at radius 1 is 0.742 bits per heavy atom. The van der Waals surface area contributed by atoms with Gasteiger partial charge in [-0.05, 0) is 37.0 Å². The molecule has 0 bridgehead atoms. The molecule has 31 heavy (non-hydrogen) atoms. The van der Waals surface area contributed by atoms with Crippen LogP contribution in [0.15, 0.2) is 12.2 Å². The fourth-order valence-corrected chi connectivity index (χ4v) is 4.12. The molecule has 0 radical (unpaired) electrons. The van der Waals surface area contributed by atoms with Crippen LogP contribution in [0.3, 0.4) is 0 Å². The van der Waals surface area contributed by atoms with Gasteiger partial charge in [0.1, 0.15) is 0 Å². The molecule has 0 saturated heterocycles. The highest BCUT2D eigenvalue weighted by molar-refractivity contribution is 5.84. The van der Waals surface area contributed by atoms with Crippen LogP contribution in [0.4, 0.5) is 0 Å². The van der Waals surface area contributed by atoms with Crippen LogP contribution >= 0.6 is 0 Å². The molecular formula is C27H48O4. The summed E-state index contributed by atoms with van der Waals surface area (Å²) in [7, 11) is 0. The van der Waals surface area contributed by atoms with Crippen LogP contribution in [-0.4, -0.2) is 25.2 Å². The molecule has 0 aliphatic heterocycles. The van der Waals surface area contributed by atoms with Crippen LogP contribution in [0, 0.1) is 29.6 Å². The van der Waals surface area contributed by atoms with E-state index >= 15 is 0 Å². The molecular weight excluding hydrogens is 388 g/mol. The third-order valence-electron chi connectivity index (χ3n) is 6.12. The van der Waals surface area contributed by atoms with Crippen molar-refractivity contribution in [3.8, 4) is 0 Å². The maximum atomic E-state index is 12.7. The van der Waals surface area contributed by atoms with Gasteiger partial charge in [-0.15, -0.1) is 0 Å². The van der Waals surface area contributed by atoms with E-state index in [1.807, 2.05) is 12.2 Å². The molecule has 3 atom stereocenters. The van der Waals surface area contributed by atoms with Crippen molar-refractivity contribution in [3.63, 3.8) is 0 Å². The predicted octanol–water partition coefficient (Wildman–Crippen LogP) is 7.11. The van der Waals surface area contributed by atoms with Gasteiger partial charge in [-0.1, -0.05) is 98.1 Å². The third kappa shape index (κ3) is 13.0. The van der Waals surface area contributed by atoms with Gasteiger partial charge in [0.05, 0.1) is 25.0 Å². The summed E-state index contributed by atoms with van der Waals surface area (Å²) in [6.45, 7) is 12.0. The highest BCUT2D eigenvalue weighted by Crippen LogP contribution is 2.30. The average molecular weight is 437 g/mol. The highest BCUT2D eigenvalue weighted by Gasteiger charge is 2.37. The molecule has 1 aliphatic rings. The lowest BCUT2D eigenvalue weighted by Gasteiger charge is -2.27. The monoisotopic (exact) mass is 436 g/mol. The van der Waals surface area contributed by atoms with Crippen molar-refractivity contribution in [1.82, 2.24) is 0 Å². The molecule has 4 heteroatoms. The molecule has 0 aromatic rings. The zero-order valence-corrected chi connectivity index (χ0v) is 20.9. The van der Waals surface area contributed by atoms with Gasteiger partial charge in [0.15, 0.2) is 0 Å². The van der Waals surface area contributed by atoms with Crippen LogP contribution in [0.2, 0.25) is 0 Å². The minimum Gasteiger partial charge on any atom is -0.465 e. The van der Waals surface area contributed by atoms with E-state index in [-0.39, 0.29) is 17.9 Å². The third-order valence-corrected chi connectivity index (χ3v) is 6.12. The lowest BCUT2D eigenvalue weighted by Crippen LogP contribution is -2.35. The van der Waals surface area contributed by atoms with Gasteiger partial charge >= 0.3 is 11.9 Å². The molecule has 0 aromatic carbocycles. The average Bonchev–Trinajstić information content (AvgIpc) is 2.71. The molecule has 0 aromatic heterocycles. The number of carbonyl (C=O) groups excluding carboxylic acids is 2. The van der Waals surface area contributed by atoms with E-state index in [0.29, 0.717) is 19.6 Å². The van der Waals surface area contributed by atoms with E-state index in [4.69, 9.17) is 9.47 Å². The second kappa shape index (κ2) is 16.3. The molecule has 180 valence electrons. The van der Waals surface area contributed by atoms with Crippen molar-refractivity contribution in [3.05, 3.63) is 12.2 Å². The first-order chi connectivity index (χ1) is 14.8. The summed E-state index contributed by atoms with van der Waals surface area (Å²) < 4.78 is 11.1. The smallest absolute Gasteiger partial charge is 0.313 e. The van der Waals surface area contributed by atoms with Crippen LogP contribution in [0.1, 0.15) is 105 Å². The van der Waals surface area contributed by atoms with Gasteiger partial charge in [0.2, 0.25) is 0 Å². The Labute approximate surface area is 191 Å². The summed E-state index contributed by atoms with van der Waals surface area (Å²) in [5, 5.41) is 0. The Hall–Kier alpha value is -1.32. The quantitative estimate of drug-likeness (QED) is 0.147. The summed E-state index contributed by atoms with van der Waals surface area (Å²) in [6.07, 6.45) is 15.9. The number of carbonyl (C=O) groups is 2. The van der Waals surface area contributed by atoms with Crippen molar-refractivity contribution in [2.24, 2.45) is 29.6 Å². The Morgan fingerprint density at radius 2 is 1.23 bits per heavy atom. The lowest BCUT2D eigenvalue weighted by molar-refractivity contribution is -0.160. The molecule has 0 spiro atoms. The minimum absolute atomic E-state index is 0.242. The fraction of sp³-hybridized carbons (Fsp3) is 0.852. The predicted molar refractivity (Wildman–Crippen MR) is 128 cm³/mol. The fourth-order valence-electron chi connectivity index (χ4n) is 4.12. The first-order valence-electron chi connectivity index (χ1n) is 12.8. The van der Waals surface area contributed by atoms with Gasteiger partial charge < -0.3 is 9.47 Å². The normalized spacial score (nSPS) is 20.9. The van der Waals surface area contributed by atoms with Crippen molar-refractivity contribution in [2.45, 2.75) is 105 Å². The molecule has 0 heterocycles. The summed E-state index contributed by atoms with van der Waals surface area (Å²) in [5.41, 5.74) is 0. The molecule has 1 aliphatic carbocycles. The topological polar surface area (TPSA) is 52.6 Å². The van der Waals surface area contributed by atoms with E-state index in [1.54, 1.807) is 0 Å². The van der Waals surface area contributed by atoms with Gasteiger partial charge in [-0.2, -0.15) is 0 Å². The minimum atomic E-state index is -0.504. The number of hydrogen-bond acceptors (Lipinski definition) is 4. The summed E-state index contributed by atoms with van der Waals surface area (Å²) >= 11 is 0.